The number of thiazole rings is 1. The van der Waals surface area contributed by atoms with Gasteiger partial charge >= 0.3 is 0 Å². The summed E-state index contributed by atoms with van der Waals surface area (Å²) >= 11 is 1.69. The molecule has 2 heterocycles. The van der Waals surface area contributed by atoms with Crippen molar-refractivity contribution in [2.75, 3.05) is 13.6 Å². The smallest absolute Gasteiger partial charge is 0.191 e. The fraction of sp³-hybridized carbons (Fsp3) is 0.294. The molecule has 7 heteroatoms. The summed E-state index contributed by atoms with van der Waals surface area (Å²) in [5.74, 6) is 0.801. The molecule has 0 radical (unpaired) electrons. The largest absolute Gasteiger partial charge is 0.357 e. The lowest BCUT2D eigenvalue weighted by atomic mass is 10.2. The Kier molecular flexibility index (Phi) is 7.04. The molecule has 0 bridgehead atoms. The van der Waals surface area contributed by atoms with E-state index in [1.54, 1.807) is 18.4 Å². The molecule has 0 aliphatic carbocycles. The Morgan fingerprint density at radius 3 is 2.83 bits per heavy atom. The van der Waals surface area contributed by atoms with Crippen LogP contribution in [0.3, 0.4) is 0 Å². The Balaban J connectivity index is 0.00000208. The molecular formula is C17H22IN5S. The van der Waals surface area contributed by atoms with Crippen molar-refractivity contribution < 1.29 is 0 Å². The first-order valence-electron chi connectivity index (χ1n) is 7.67. The van der Waals surface area contributed by atoms with Crippen molar-refractivity contribution in [3.8, 4) is 0 Å². The lowest BCUT2D eigenvalue weighted by Crippen LogP contribution is -2.37. The highest BCUT2D eigenvalue weighted by Gasteiger charge is 2.03. The quantitative estimate of drug-likeness (QED) is 0.314. The lowest BCUT2D eigenvalue weighted by Gasteiger charge is -2.10. The number of nitrogens with one attached hydrogen (secondary N) is 3. The van der Waals surface area contributed by atoms with E-state index in [0.717, 1.165) is 40.8 Å². The average molecular weight is 455 g/mol. The molecule has 5 nitrogen and oxygen atoms in total. The van der Waals surface area contributed by atoms with Crippen molar-refractivity contribution in [3.05, 3.63) is 52.1 Å². The molecule has 2 aromatic heterocycles. The summed E-state index contributed by atoms with van der Waals surface area (Å²) in [5.41, 5.74) is 3.43. The molecule has 0 saturated carbocycles. The van der Waals surface area contributed by atoms with Crippen molar-refractivity contribution in [1.29, 1.82) is 0 Å². The molecule has 0 aliphatic heterocycles. The van der Waals surface area contributed by atoms with E-state index in [1.165, 1.54) is 5.39 Å². The van der Waals surface area contributed by atoms with Gasteiger partial charge in [0.1, 0.15) is 0 Å². The number of halogens is 1. The minimum Gasteiger partial charge on any atom is -0.357 e. The lowest BCUT2D eigenvalue weighted by molar-refractivity contribution is 0.780. The zero-order chi connectivity index (χ0) is 16.1. The molecule has 3 aromatic rings. The number of aliphatic imine (C=N–C) groups is 1. The highest BCUT2D eigenvalue weighted by molar-refractivity contribution is 14.0. The third-order valence-electron chi connectivity index (χ3n) is 3.60. The van der Waals surface area contributed by atoms with E-state index in [9.17, 15) is 0 Å². The summed E-state index contributed by atoms with van der Waals surface area (Å²) in [7, 11) is 1.79. The molecule has 3 N–H and O–H groups in total. The van der Waals surface area contributed by atoms with Gasteiger partial charge < -0.3 is 15.6 Å². The van der Waals surface area contributed by atoms with Gasteiger partial charge in [-0.05, 0) is 24.4 Å². The maximum atomic E-state index is 4.46. The zero-order valence-electron chi connectivity index (χ0n) is 13.8. The Morgan fingerprint density at radius 1 is 1.29 bits per heavy atom. The summed E-state index contributed by atoms with van der Waals surface area (Å²) in [5, 5.41) is 11.1. The van der Waals surface area contributed by atoms with Crippen molar-refractivity contribution >= 4 is 52.2 Å². The van der Waals surface area contributed by atoms with Gasteiger partial charge in [0.15, 0.2) is 5.96 Å². The first-order valence-corrected chi connectivity index (χ1v) is 8.55. The van der Waals surface area contributed by atoms with E-state index in [4.69, 9.17) is 0 Å². The minimum absolute atomic E-state index is 0. The minimum atomic E-state index is 0. The third-order valence-corrected chi connectivity index (χ3v) is 4.42. The van der Waals surface area contributed by atoms with E-state index in [0.29, 0.717) is 6.54 Å². The number of hydrogen-bond acceptors (Lipinski definition) is 3. The van der Waals surface area contributed by atoms with Crippen LogP contribution in [0.25, 0.3) is 10.9 Å². The molecule has 0 saturated heterocycles. The summed E-state index contributed by atoms with van der Waals surface area (Å²) in [6, 6.07) is 10.4. The molecule has 0 aliphatic rings. The second-order valence-corrected chi connectivity index (χ2v) is 6.40. The van der Waals surface area contributed by atoms with E-state index in [1.807, 2.05) is 19.1 Å². The molecular weight excluding hydrogens is 433 g/mol. The van der Waals surface area contributed by atoms with Crippen molar-refractivity contribution in [1.82, 2.24) is 20.6 Å². The molecule has 0 atom stereocenters. The number of para-hydroxylation sites is 1. The van der Waals surface area contributed by atoms with E-state index < -0.39 is 0 Å². The van der Waals surface area contributed by atoms with Gasteiger partial charge in [-0.2, -0.15) is 0 Å². The normalized spacial score (nSPS) is 11.3. The fourth-order valence-corrected chi connectivity index (χ4v) is 3.11. The molecule has 0 amide bonds. The van der Waals surface area contributed by atoms with Gasteiger partial charge in [-0.15, -0.1) is 35.3 Å². The summed E-state index contributed by atoms with van der Waals surface area (Å²) in [6.07, 6.45) is 0.900. The van der Waals surface area contributed by atoms with Crippen molar-refractivity contribution in [3.63, 3.8) is 0 Å². The van der Waals surface area contributed by atoms with Gasteiger partial charge in [0.05, 0.1) is 17.2 Å². The molecule has 1 aromatic carbocycles. The second kappa shape index (κ2) is 9.03. The van der Waals surface area contributed by atoms with Gasteiger partial charge in [0.25, 0.3) is 0 Å². The maximum Gasteiger partial charge on any atom is 0.191 e. The number of guanidine groups is 1. The number of H-pyrrole nitrogens is 1. The van der Waals surface area contributed by atoms with Gasteiger partial charge in [0.2, 0.25) is 0 Å². The highest BCUT2D eigenvalue weighted by Crippen LogP contribution is 2.14. The van der Waals surface area contributed by atoms with Crippen molar-refractivity contribution in [2.45, 2.75) is 19.9 Å². The fourth-order valence-electron chi connectivity index (χ4n) is 2.46. The Bertz CT molecular complexity index is 775. The number of benzene rings is 1. The van der Waals surface area contributed by atoms with E-state index >= 15 is 0 Å². The Morgan fingerprint density at radius 2 is 2.12 bits per heavy atom. The maximum absolute atomic E-state index is 4.46. The Labute approximate surface area is 163 Å². The predicted octanol–water partition coefficient (Wildman–Crippen LogP) is 3.46. The van der Waals surface area contributed by atoms with Gasteiger partial charge in [0, 0.05) is 36.6 Å². The first-order chi connectivity index (χ1) is 11.2. The number of fused-ring (bicyclic) bond motifs is 1. The zero-order valence-corrected chi connectivity index (χ0v) is 16.9. The molecule has 0 spiro atoms. The number of aryl methyl sites for hydroxylation is 1. The molecule has 0 unspecified atom stereocenters. The number of hydrogen-bond donors (Lipinski definition) is 3. The number of nitrogens with zero attached hydrogens (tertiary/aromatic N) is 2. The van der Waals surface area contributed by atoms with E-state index in [2.05, 4.69) is 49.2 Å². The van der Waals surface area contributed by atoms with Crippen LogP contribution in [0.5, 0.6) is 0 Å². The Hall–Kier alpha value is -1.61. The van der Waals surface area contributed by atoms with Crippen LogP contribution in [0.4, 0.5) is 0 Å². The van der Waals surface area contributed by atoms with Crippen LogP contribution >= 0.6 is 35.3 Å². The number of aromatic amines is 1. The first kappa shape index (κ1) is 18.7. The van der Waals surface area contributed by atoms with Crippen LogP contribution in [0, 0.1) is 6.92 Å². The van der Waals surface area contributed by atoms with E-state index in [-0.39, 0.29) is 24.0 Å². The standard InChI is InChI=1S/C17H21N5S.HI/c1-12-21-14(11-23-12)7-8-19-17(18-2)20-10-15-9-13-5-3-4-6-16(13)22-15;/h3-6,9,11,22H,7-8,10H2,1-2H3,(H2,18,19,20);1H. The molecule has 0 fully saturated rings. The second-order valence-electron chi connectivity index (χ2n) is 5.34. The topological polar surface area (TPSA) is 65.1 Å². The van der Waals surface area contributed by atoms with Crippen LogP contribution in [-0.2, 0) is 13.0 Å². The average Bonchev–Trinajstić information content (AvgIpc) is 3.16. The summed E-state index contributed by atoms with van der Waals surface area (Å²) in [4.78, 5) is 12.1. The van der Waals surface area contributed by atoms with Crippen LogP contribution in [-0.4, -0.2) is 29.5 Å². The van der Waals surface area contributed by atoms with Crippen LogP contribution in [0.2, 0.25) is 0 Å². The number of aromatic nitrogens is 2. The van der Waals surface area contributed by atoms with Crippen LogP contribution in [0.1, 0.15) is 16.4 Å². The molecule has 128 valence electrons. The summed E-state index contributed by atoms with van der Waals surface area (Å²) in [6.45, 7) is 3.56. The van der Waals surface area contributed by atoms with Crippen molar-refractivity contribution in [2.24, 2.45) is 4.99 Å². The summed E-state index contributed by atoms with van der Waals surface area (Å²) < 4.78 is 0. The monoisotopic (exact) mass is 455 g/mol. The van der Waals surface area contributed by atoms with Gasteiger partial charge in [-0.3, -0.25) is 4.99 Å². The predicted molar refractivity (Wildman–Crippen MR) is 112 cm³/mol. The molecule has 3 rings (SSSR count). The number of rotatable bonds is 5. The third kappa shape index (κ3) is 4.94. The van der Waals surface area contributed by atoms with Crippen LogP contribution in [0.15, 0.2) is 40.7 Å². The highest BCUT2D eigenvalue weighted by atomic mass is 127. The van der Waals surface area contributed by atoms with Gasteiger partial charge in [-0.1, -0.05) is 18.2 Å². The molecule has 24 heavy (non-hydrogen) atoms. The van der Waals surface area contributed by atoms with Gasteiger partial charge in [-0.25, -0.2) is 4.98 Å². The SMILES string of the molecule is CN=C(NCCc1csc(C)n1)NCc1cc2ccccc2[nH]1.I. The van der Waals surface area contributed by atoms with Crippen LogP contribution < -0.4 is 10.6 Å².